The van der Waals surface area contributed by atoms with Crippen LogP contribution in [0.15, 0.2) is 0 Å². The van der Waals surface area contributed by atoms with Gasteiger partial charge < -0.3 is 4.84 Å². The topological polar surface area (TPSA) is 29.5 Å². The van der Waals surface area contributed by atoms with Crippen molar-refractivity contribution in [2.24, 2.45) is 0 Å². The first kappa shape index (κ1) is 12.4. The molecule has 0 radical (unpaired) electrons. The quantitative estimate of drug-likeness (QED) is 0.619. The smallest absolute Gasteiger partial charge is 0.325 e. The van der Waals surface area contributed by atoms with Gasteiger partial charge in [0.2, 0.25) is 0 Å². The van der Waals surface area contributed by atoms with Crippen molar-refractivity contribution in [3.05, 3.63) is 0 Å². The molecule has 0 N–H and O–H groups in total. The van der Waals surface area contributed by atoms with Gasteiger partial charge in [-0.05, 0) is 34.1 Å². The number of hydrogen-bond acceptors (Lipinski definition) is 3. The number of hydrogen-bond donors (Lipinski definition) is 0. The molecule has 0 saturated heterocycles. The number of carbonyl (C=O) groups excluding carboxylic acids is 1. The maximum Gasteiger partial charge on any atom is 0.325 e. The lowest BCUT2D eigenvalue weighted by Crippen LogP contribution is -2.38. The minimum Gasteiger partial charge on any atom is -0.367 e. The maximum absolute atomic E-state index is 11.2. The summed E-state index contributed by atoms with van der Waals surface area (Å²) in [5.74, 6) is -0.134. The highest BCUT2D eigenvalue weighted by atomic mass is 16.7. The van der Waals surface area contributed by atoms with Gasteiger partial charge in [0, 0.05) is 18.5 Å². The van der Waals surface area contributed by atoms with E-state index in [2.05, 4.69) is 0 Å². The fraction of sp³-hybridized carbons (Fsp3) is 0.900. The molecule has 0 fully saturated rings. The molecule has 3 heteroatoms. The van der Waals surface area contributed by atoms with Gasteiger partial charge in [0.1, 0.15) is 0 Å². The van der Waals surface area contributed by atoms with Gasteiger partial charge >= 0.3 is 5.97 Å². The molecule has 0 saturated carbocycles. The molecule has 0 bridgehead atoms. The van der Waals surface area contributed by atoms with E-state index in [0.717, 1.165) is 6.42 Å². The van der Waals surface area contributed by atoms with Crippen LogP contribution in [0.3, 0.4) is 0 Å². The van der Waals surface area contributed by atoms with E-state index in [4.69, 9.17) is 4.84 Å². The Balaban J connectivity index is 4.02. The van der Waals surface area contributed by atoms with Gasteiger partial charge in [0.15, 0.2) is 0 Å². The zero-order valence-corrected chi connectivity index (χ0v) is 9.33. The summed E-state index contributed by atoms with van der Waals surface area (Å²) in [5, 5.41) is 1.73. The van der Waals surface area contributed by atoms with Crippen LogP contribution in [0, 0.1) is 0 Å². The Kier molecular flexibility index (Phi) is 5.71. The first-order valence-corrected chi connectivity index (χ1v) is 4.98. The maximum atomic E-state index is 11.2. The van der Waals surface area contributed by atoms with Crippen LogP contribution in [0.2, 0.25) is 0 Å². The predicted octanol–water partition coefficient (Wildman–Crippen LogP) is 2.36. The molecule has 0 aromatic heterocycles. The van der Waals surface area contributed by atoms with Crippen LogP contribution in [0.4, 0.5) is 0 Å². The molecule has 0 unspecified atom stereocenters. The standard InChI is InChI=1S/C10H21NO2/c1-6-7-10(12)13-11(8(2)3)9(4)5/h8-9H,6-7H2,1-5H3. The Morgan fingerprint density at radius 1 is 1.23 bits per heavy atom. The molecule has 78 valence electrons. The lowest BCUT2D eigenvalue weighted by Gasteiger charge is -2.28. The number of carbonyl (C=O) groups is 1. The van der Waals surface area contributed by atoms with Crippen molar-refractivity contribution in [2.45, 2.75) is 59.5 Å². The van der Waals surface area contributed by atoms with Gasteiger partial charge in [0.05, 0.1) is 0 Å². The zero-order valence-electron chi connectivity index (χ0n) is 9.33. The van der Waals surface area contributed by atoms with Crippen molar-refractivity contribution in [2.75, 3.05) is 0 Å². The zero-order chi connectivity index (χ0) is 10.4. The molecule has 0 amide bonds. The molecular weight excluding hydrogens is 166 g/mol. The van der Waals surface area contributed by atoms with E-state index in [-0.39, 0.29) is 18.1 Å². The Morgan fingerprint density at radius 3 is 2.00 bits per heavy atom. The average molecular weight is 187 g/mol. The average Bonchev–Trinajstić information content (AvgIpc) is 1.99. The van der Waals surface area contributed by atoms with Gasteiger partial charge in [-0.25, -0.2) is 0 Å². The highest BCUT2D eigenvalue weighted by molar-refractivity contribution is 5.68. The second-order valence-electron chi connectivity index (χ2n) is 3.76. The van der Waals surface area contributed by atoms with Crippen LogP contribution in [0.1, 0.15) is 47.5 Å². The fourth-order valence-corrected chi connectivity index (χ4v) is 1.17. The number of hydroxylamine groups is 2. The number of nitrogens with zero attached hydrogens (tertiary/aromatic N) is 1. The molecule has 0 aromatic rings. The molecule has 0 aliphatic rings. The summed E-state index contributed by atoms with van der Waals surface area (Å²) in [6.07, 6.45) is 1.33. The summed E-state index contributed by atoms with van der Waals surface area (Å²) < 4.78 is 0. The van der Waals surface area contributed by atoms with Crippen LogP contribution >= 0.6 is 0 Å². The van der Waals surface area contributed by atoms with Crippen molar-refractivity contribution in [1.82, 2.24) is 5.06 Å². The SMILES string of the molecule is CCCC(=O)ON(C(C)C)C(C)C. The highest BCUT2D eigenvalue weighted by Crippen LogP contribution is 2.07. The van der Waals surface area contributed by atoms with E-state index in [1.807, 2.05) is 34.6 Å². The first-order chi connectivity index (χ1) is 5.99. The highest BCUT2D eigenvalue weighted by Gasteiger charge is 2.17. The molecule has 13 heavy (non-hydrogen) atoms. The normalized spacial score (nSPS) is 11.4. The summed E-state index contributed by atoms with van der Waals surface area (Å²) in [5.41, 5.74) is 0. The summed E-state index contributed by atoms with van der Waals surface area (Å²) >= 11 is 0. The molecular formula is C10H21NO2. The first-order valence-electron chi connectivity index (χ1n) is 4.98. The summed E-state index contributed by atoms with van der Waals surface area (Å²) in [7, 11) is 0. The van der Waals surface area contributed by atoms with Crippen molar-refractivity contribution in [1.29, 1.82) is 0 Å². The van der Waals surface area contributed by atoms with Crippen LogP contribution in [-0.4, -0.2) is 23.1 Å². The third-order valence-electron chi connectivity index (χ3n) is 1.68. The summed E-state index contributed by atoms with van der Waals surface area (Å²) in [6.45, 7) is 10.0. The van der Waals surface area contributed by atoms with Crippen molar-refractivity contribution < 1.29 is 9.63 Å². The van der Waals surface area contributed by atoms with E-state index in [0.29, 0.717) is 6.42 Å². The van der Waals surface area contributed by atoms with Gasteiger partial charge in [0.25, 0.3) is 0 Å². The lowest BCUT2D eigenvalue weighted by molar-refractivity contribution is -0.209. The molecule has 0 aliphatic heterocycles. The fourth-order valence-electron chi connectivity index (χ4n) is 1.17. The third-order valence-corrected chi connectivity index (χ3v) is 1.68. The molecule has 0 aliphatic carbocycles. The van der Waals surface area contributed by atoms with Crippen LogP contribution in [0.5, 0.6) is 0 Å². The van der Waals surface area contributed by atoms with Crippen molar-refractivity contribution in [3.63, 3.8) is 0 Å². The second kappa shape index (κ2) is 5.97. The van der Waals surface area contributed by atoms with E-state index in [1.54, 1.807) is 5.06 Å². The Labute approximate surface area is 81.0 Å². The van der Waals surface area contributed by atoms with Crippen LogP contribution < -0.4 is 0 Å². The Morgan fingerprint density at radius 2 is 1.69 bits per heavy atom. The second-order valence-corrected chi connectivity index (χ2v) is 3.76. The summed E-state index contributed by atoms with van der Waals surface area (Å²) in [6, 6.07) is 0.474. The Bertz CT molecular complexity index is 147. The minimum atomic E-state index is -0.134. The van der Waals surface area contributed by atoms with Gasteiger partial charge in [-0.2, -0.15) is 0 Å². The van der Waals surface area contributed by atoms with Gasteiger partial charge in [-0.15, -0.1) is 5.06 Å². The van der Waals surface area contributed by atoms with Crippen molar-refractivity contribution >= 4 is 5.97 Å². The third kappa shape index (κ3) is 4.88. The van der Waals surface area contributed by atoms with Gasteiger partial charge in [-0.1, -0.05) is 6.92 Å². The molecule has 0 heterocycles. The van der Waals surface area contributed by atoms with Gasteiger partial charge in [-0.3, -0.25) is 4.79 Å². The lowest BCUT2D eigenvalue weighted by atomic mass is 10.3. The van der Waals surface area contributed by atoms with Crippen LogP contribution in [0.25, 0.3) is 0 Å². The molecule has 0 atom stereocenters. The molecule has 3 nitrogen and oxygen atoms in total. The van der Waals surface area contributed by atoms with Crippen LogP contribution in [-0.2, 0) is 9.63 Å². The Hall–Kier alpha value is -0.570. The van der Waals surface area contributed by atoms with E-state index in [9.17, 15) is 4.79 Å². The van der Waals surface area contributed by atoms with Crippen molar-refractivity contribution in [3.8, 4) is 0 Å². The van der Waals surface area contributed by atoms with E-state index in [1.165, 1.54) is 0 Å². The number of rotatable bonds is 5. The molecule has 0 aromatic carbocycles. The molecule has 0 spiro atoms. The predicted molar refractivity (Wildman–Crippen MR) is 53.1 cm³/mol. The van der Waals surface area contributed by atoms with E-state index >= 15 is 0 Å². The minimum absolute atomic E-state index is 0.134. The summed E-state index contributed by atoms with van der Waals surface area (Å²) in [4.78, 5) is 16.4. The largest absolute Gasteiger partial charge is 0.367 e. The van der Waals surface area contributed by atoms with E-state index < -0.39 is 0 Å². The molecule has 0 rings (SSSR count). The monoisotopic (exact) mass is 187 g/mol.